The number of anilines is 1. The first-order chi connectivity index (χ1) is 16.6. The highest BCUT2D eigenvalue weighted by molar-refractivity contribution is 7.80. The molecule has 1 aliphatic heterocycles. The highest BCUT2D eigenvalue weighted by atomic mass is 32.1. The summed E-state index contributed by atoms with van der Waals surface area (Å²) in [5, 5.41) is 3.72. The van der Waals surface area contributed by atoms with Crippen LogP contribution >= 0.6 is 12.2 Å². The molecule has 0 aliphatic carbocycles. The van der Waals surface area contributed by atoms with Gasteiger partial charge in [-0.05, 0) is 60.7 Å². The van der Waals surface area contributed by atoms with E-state index in [1.165, 1.54) is 13.2 Å². The van der Waals surface area contributed by atoms with Gasteiger partial charge in [-0.1, -0.05) is 30.3 Å². The van der Waals surface area contributed by atoms with Crippen LogP contribution in [0.3, 0.4) is 0 Å². The standard InChI is InChI=1S/C26H21FN4O2S/c1-33-25(32)17-9-2-4-12-20(17)30-16-8-14-22(30)24-23(19-11-6-7-15-28-19)29-26(34)31(24)21-13-5-3-10-18(21)27/h2-16,23-24H,1H3,(H,29,34)/t23-,24-/m1/s1. The van der Waals surface area contributed by atoms with Gasteiger partial charge in [-0.15, -0.1) is 0 Å². The average Bonchev–Trinajstić information content (AvgIpc) is 3.48. The number of nitrogens with zero attached hydrogens (tertiary/aromatic N) is 3. The highest BCUT2D eigenvalue weighted by Gasteiger charge is 2.43. The molecule has 170 valence electrons. The summed E-state index contributed by atoms with van der Waals surface area (Å²) in [5.41, 5.74) is 3.01. The molecule has 0 saturated carbocycles. The van der Waals surface area contributed by atoms with Gasteiger partial charge in [0.15, 0.2) is 5.11 Å². The van der Waals surface area contributed by atoms with Crippen molar-refractivity contribution in [1.29, 1.82) is 0 Å². The third kappa shape index (κ3) is 3.72. The molecule has 0 radical (unpaired) electrons. The Labute approximate surface area is 201 Å². The SMILES string of the molecule is COC(=O)c1ccccc1-n1cccc1[C@@H]1[C@@H](c2ccccn2)NC(=S)N1c1ccccc1F. The van der Waals surface area contributed by atoms with Gasteiger partial charge in [0.25, 0.3) is 0 Å². The number of thiocarbonyl (C=S) groups is 1. The van der Waals surface area contributed by atoms with E-state index in [2.05, 4.69) is 10.3 Å². The number of esters is 1. The van der Waals surface area contributed by atoms with Gasteiger partial charge in [0.1, 0.15) is 11.9 Å². The van der Waals surface area contributed by atoms with E-state index in [9.17, 15) is 9.18 Å². The molecule has 0 bridgehead atoms. The van der Waals surface area contributed by atoms with Gasteiger partial charge in [0, 0.05) is 18.1 Å². The molecule has 4 aromatic rings. The van der Waals surface area contributed by atoms with Crippen molar-refractivity contribution in [3.8, 4) is 5.69 Å². The lowest BCUT2D eigenvalue weighted by Crippen LogP contribution is -2.31. The van der Waals surface area contributed by atoms with Crippen LogP contribution in [0, 0.1) is 5.82 Å². The second kappa shape index (κ2) is 9.07. The molecule has 1 saturated heterocycles. The van der Waals surface area contributed by atoms with Gasteiger partial charge in [0.05, 0.1) is 35.8 Å². The molecular formula is C26H21FN4O2S. The number of aromatic nitrogens is 2. The molecule has 3 heterocycles. The number of halogens is 1. The largest absolute Gasteiger partial charge is 0.465 e. The van der Waals surface area contributed by atoms with Gasteiger partial charge >= 0.3 is 5.97 Å². The predicted molar refractivity (Wildman–Crippen MR) is 131 cm³/mol. The maximum absolute atomic E-state index is 15.0. The number of hydrogen-bond acceptors (Lipinski definition) is 4. The van der Waals surface area contributed by atoms with Crippen molar-refractivity contribution in [1.82, 2.24) is 14.9 Å². The van der Waals surface area contributed by atoms with Crippen molar-refractivity contribution in [3.63, 3.8) is 0 Å². The molecule has 2 aromatic heterocycles. The van der Waals surface area contributed by atoms with E-state index in [4.69, 9.17) is 17.0 Å². The average molecular weight is 473 g/mol. The number of methoxy groups -OCH3 is 1. The third-order valence-corrected chi connectivity index (χ3v) is 6.18. The minimum absolute atomic E-state index is 0.354. The van der Waals surface area contributed by atoms with Crippen molar-refractivity contribution in [2.75, 3.05) is 12.0 Å². The van der Waals surface area contributed by atoms with Gasteiger partial charge < -0.3 is 19.5 Å². The Morgan fingerprint density at radius 2 is 1.74 bits per heavy atom. The van der Waals surface area contributed by atoms with Crippen LogP contribution in [0.2, 0.25) is 0 Å². The molecule has 0 unspecified atom stereocenters. The number of carbonyl (C=O) groups is 1. The lowest BCUT2D eigenvalue weighted by molar-refractivity contribution is 0.0600. The number of pyridine rings is 1. The van der Waals surface area contributed by atoms with Gasteiger partial charge in [-0.2, -0.15) is 0 Å². The monoisotopic (exact) mass is 472 g/mol. The van der Waals surface area contributed by atoms with E-state index in [1.54, 1.807) is 41.4 Å². The molecule has 2 aromatic carbocycles. The smallest absolute Gasteiger partial charge is 0.339 e. The number of benzene rings is 2. The number of para-hydroxylation sites is 2. The Morgan fingerprint density at radius 1 is 1.00 bits per heavy atom. The topological polar surface area (TPSA) is 59.4 Å². The molecule has 6 nitrogen and oxygen atoms in total. The summed E-state index contributed by atoms with van der Waals surface area (Å²) >= 11 is 5.69. The lowest BCUT2D eigenvalue weighted by atomic mass is 10.0. The molecule has 34 heavy (non-hydrogen) atoms. The summed E-state index contributed by atoms with van der Waals surface area (Å²) in [6.07, 6.45) is 3.59. The fourth-order valence-electron chi connectivity index (χ4n) is 4.38. The van der Waals surface area contributed by atoms with E-state index in [0.717, 1.165) is 11.4 Å². The summed E-state index contributed by atoms with van der Waals surface area (Å²) in [4.78, 5) is 18.8. The quantitative estimate of drug-likeness (QED) is 0.327. The molecular weight excluding hydrogens is 451 g/mol. The molecule has 1 fully saturated rings. The molecule has 1 aliphatic rings. The Morgan fingerprint density at radius 3 is 2.47 bits per heavy atom. The molecule has 0 spiro atoms. The first-order valence-electron chi connectivity index (χ1n) is 10.7. The Balaban J connectivity index is 1.71. The molecule has 8 heteroatoms. The summed E-state index contributed by atoms with van der Waals surface area (Å²) < 4.78 is 21.9. The summed E-state index contributed by atoms with van der Waals surface area (Å²) in [5.74, 6) is -0.825. The summed E-state index contributed by atoms with van der Waals surface area (Å²) in [6, 6.07) is 22.4. The maximum atomic E-state index is 15.0. The molecule has 0 amide bonds. The lowest BCUT2D eigenvalue weighted by Gasteiger charge is -2.29. The minimum Gasteiger partial charge on any atom is -0.465 e. The number of carbonyl (C=O) groups excluding carboxylic acids is 1. The van der Waals surface area contributed by atoms with Gasteiger partial charge in [-0.3, -0.25) is 4.98 Å². The van der Waals surface area contributed by atoms with Crippen LogP contribution in [-0.4, -0.2) is 27.7 Å². The van der Waals surface area contributed by atoms with Crippen LogP contribution in [0.4, 0.5) is 10.1 Å². The zero-order valence-corrected chi connectivity index (χ0v) is 19.1. The van der Waals surface area contributed by atoms with Gasteiger partial charge in [0.2, 0.25) is 0 Å². The molecule has 5 rings (SSSR count). The number of rotatable bonds is 5. The van der Waals surface area contributed by atoms with Crippen molar-refractivity contribution in [2.24, 2.45) is 0 Å². The predicted octanol–water partition coefficient (Wildman–Crippen LogP) is 4.98. The molecule has 2 atom stereocenters. The fourth-order valence-corrected chi connectivity index (χ4v) is 4.72. The Bertz CT molecular complexity index is 1360. The highest BCUT2D eigenvalue weighted by Crippen LogP contribution is 2.43. The fraction of sp³-hybridized carbons (Fsp3) is 0.115. The van der Waals surface area contributed by atoms with E-state index >= 15 is 0 Å². The first kappa shape index (κ1) is 21.8. The zero-order valence-electron chi connectivity index (χ0n) is 18.3. The van der Waals surface area contributed by atoms with Gasteiger partial charge in [-0.25, -0.2) is 9.18 Å². The second-order valence-corrected chi connectivity index (χ2v) is 8.15. The van der Waals surface area contributed by atoms with E-state index < -0.39 is 12.0 Å². The third-order valence-electron chi connectivity index (χ3n) is 5.86. The maximum Gasteiger partial charge on any atom is 0.339 e. The van der Waals surface area contributed by atoms with Crippen molar-refractivity contribution >= 4 is 29.0 Å². The van der Waals surface area contributed by atoms with E-state index in [-0.39, 0.29) is 11.9 Å². The number of hydrogen-bond donors (Lipinski definition) is 1. The summed E-state index contributed by atoms with van der Waals surface area (Å²) in [6.45, 7) is 0. The van der Waals surface area contributed by atoms with Crippen molar-refractivity contribution < 1.29 is 13.9 Å². The Hall–Kier alpha value is -4.04. The molecule has 1 N–H and O–H groups in total. The van der Waals surface area contributed by atoms with Crippen LogP contribution in [0.25, 0.3) is 5.69 Å². The van der Waals surface area contributed by atoms with Crippen LogP contribution in [0.15, 0.2) is 91.3 Å². The second-order valence-electron chi connectivity index (χ2n) is 7.76. The number of nitrogens with one attached hydrogen (secondary N) is 1. The zero-order chi connectivity index (χ0) is 23.7. The van der Waals surface area contributed by atoms with Crippen molar-refractivity contribution in [2.45, 2.75) is 12.1 Å². The van der Waals surface area contributed by atoms with Crippen molar-refractivity contribution in [3.05, 3.63) is 114 Å². The first-order valence-corrected chi connectivity index (χ1v) is 11.1. The number of ether oxygens (including phenoxy) is 1. The Kier molecular flexibility index (Phi) is 5.81. The van der Waals surface area contributed by atoms with E-state index in [1.807, 2.05) is 53.2 Å². The van der Waals surface area contributed by atoms with E-state index in [0.29, 0.717) is 22.1 Å². The van der Waals surface area contributed by atoms with Crippen LogP contribution in [0.5, 0.6) is 0 Å². The van der Waals surface area contributed by atoms with Crippen LogP contribution in [-0.2, 0) is 4.74 Å². The summed E-state index contributed by atoms with van der Waals surface area (Å²) in [7, 11) is 1.35. The van der Waals surface area contributed by atoms with Crippen LogP contribution < -0.4 is 10.2 Å². The van der Waals surface area contributed by atoms with Crippen LogP contribution in [0.1, 0.15) is 33.8 Å². The minimum atomic E-state index is -0.444. The normalized spacial score (nSPS) is 17.5.